The molecule has 0 saturated carbocycles. The van der Waals surface area contributed by atoms with Gasteiger partial charge in [-0.15, -0.1) is 0 Å². The lowest BCUT2D eigenvalue weighted by molar-refractivity contribution is 0.328. The van der Waals surface area contributed by atoms with Crippen molar-refractivity contribution in [2.75, 3.05) is 5.73 Å². The number of hydrogen-bond acceptors (Lipinski definition) is 3. The average molecular weight is 296 g/mol. The highest BCUT2D eigenvalue weighted by molar-refractivity contribution is 7.89. The fourth-order valence-electron chi connectivity index (χ4n) is 3.36. The van der Waals surface area contributed by atoms with Crippen LogP contribution in [-0.2, 0) is 10.0 Å². The van der Waals surface area contributed by atoms with Crippen molar-refractivity contribution in [1.82, 2.24) is 4.31 Å². The predicted molar refractivity (Wildman–Crippen MR) is 82.1 cm³/mol. The zero-order valence-electron chi connectivity index (χ0n) is 12.7. The molecule has 1 saturated heterocycles. The van der Waals surface area contributed by atoms with Crippen LogP contribution in [-0.4, -0.2) is 24.8 Å². The standard InChI is InChI=1S/C15H24N2O2S/c1-5-14-7-6-12(4)17(14)20(18,19)15-10(2)8-13(16)9-11(15)3/h8-9,12,14H,5-7,16H2,1-4H3. The molecule has 0 aliphatic carbocycles. The van der Waals surface area contributed by atoms with Crippen molar-refractivity contribution in [3.8, 4) is 0 Å². The van der Waals surface area contributed by atoms with Gasteiger partial charge in [0.1, 0.15) is 0 Å². The third kappa shape index (κ3) is 2.44. The molecule has 1 aliphatic heterocycles. The topological polar surface area (TPSA) is 63.4 Å². The molecule has 0 bridgehead atoms. The summed E-state index contributed by atoms with van der Waals surface area (Å²) < 4.78 is 27.8. The fraction of sp³-hybridized carbons (Fsp3) is 0.600. The summed E-state index contributed by atoms with van der Waals surface area (Å²) in [6.07, 6.45) is 2.74. The monoisotopic (exact) mass is 296 g/mol. The van der Waals surface area contributed by atoms with Gasteiger partial charge in [0, 0.05) is 17.8 Å². The lowest BCUT2D eigenvalue weighted by Gasteiger charge is -2.28. The van der Waals surface area contributed by atoms with Crippen molar-refractivity contribution in [2.45, 2.75) is 63.9 Å². The van der Waals surface area contributed by atoms with E-state index in [1.165, 1.54) is 0 Å². The van der Waals surface area contributed by atoms with Gasteiger partial charge in [-0.1, -0.05) is 6.92 Å². The van der Waals surface area contributed by atoms with Crippen LogP contribution in [0.2, 0.25) is 0 Å². The summed E-state index contributed by atoms with van der Waals surface area (Å²) >= 11 is 0. The molecule has 5 heteroatoms. The maximum absolute atomic E-state index is 13.1. The van der Waals surface area contributed by atoms with Crippen LogP contribution in [0.4, 0.5) is 5.69 Å². The van der Waals surface area contributed by atoms with Crippen LogP contribution in [0, 0.1) is 13.8 Å². The van der Waals surface area contributed by atoms with Gasteiger partial charge < -0.3 is 5.73 Å². The van der Waals surface area contributed by atoms with Crippen LogP contribution < -0.4 is 5.73 Å². The third-order valence-corrected chi connectivity index (χ3v) is 6.57. The smallest absolute Gasteiger partial charge is 0.244 e. The Morgan fingerprint density at radius 2 is 1.80 bits per heavy atom. The van der Waals surface area contributed by atoms with Crippen molar-refractivity contribution in [3.63, 3.8) is 0 Å². The maximum atomic E-state index is 13.1. The first kappa shape index (κ1) is 15.3. The average Bonchev–Trinajstić information content (AvgIpc) is 2.69. The predicted octanol–water partition coefficient (Wildman–Crippen LogP) is 2.84. The minimum atomic E-state index is -3.45. The quantitative estimate of drug-likeness (QED) is 0.872. The van der Waals surface area contributed by atoms with Gasteiger partial charge in [0.05, 0.1) is 4.90 Å². The zero-order chi connectivity index (χ0) is 15.1. The molecule has 2 unspecified atom stereocenters. The first-order chi connectivity index (χ1) is 9.28. The molecule has 0 aromatic heterocycles. The highest BCUT2D eigenvalue weighted by Gasteiger charge is 2.40. The number of benzene rings is 1. The number of anilines is 1. The van der Waals surface area contributed by atoms with E-state index in [2.05, 4.69) is 0 Å². The van der Waals surface area contributed by atoms with Gasteiger partial charge in [0.2, 0.25) is 10.0 Å². The lowest BCUT2D eigenvalue weighted by atomic mass is 10.1. The molecular formula is C15H24N2O2S. The Balaban J connectivity index is 2.56. The van der Waals surface area contributed by atoms with E-state index in [0.717, 1.165) is 30.4 Å². The summed E-state index contributed by atoms with van der Waals surface area (Å²) in [5.74, 6) is 0. The molecule has 1 aliphatic rings. The number of nitrogens with zero attached hydrogens (tertiary/aromatic N) is 1. The summed E-state index contributed by atoms with van der Waals surface area (Å²) in [6, 6.07) is 3.66. The number of sulfonamides is 1. The van der Waals surface area contributed by atoms with Crippen LogP contribution in [0.5, 0.6) is 0 Å². The van der Waals surface area contributed by atoms with E-state index >= 15 is 0 Å². The van der Waals surface area contributed by atoms with E-state index in [-0.39, 0.29) is 12.1 Å². The highest BCUT2D eigenvalue weighted by atomic mass is 32.2. The molecule has 0 amide bonds. The minimum Gasteiger partial charge on any atom is -0.399 e. The molecular weight excluding hydrogens is 272 g/mol. The number of aryl methyl sites for hydroxylation is 2. The molecule has 1 aromatic rings. The van der Waals surface area contributed by atoms with Gasteiger partial charge in [-0.05, 0) is 63.3 Å². The van der Waals surface area contributed by atoms with Crippen LogP contribution in [0.3, 0.4) is 0 Å². The van der Waals surface area contributed by atoms with E-state index in [0.29, 0.717) is 10.6 Å². The Morgan fingerprint density at radius 3 is 2.30 bits per heavy atom. The SMILES string of the molecule is CCC1CCC(C)N1S(=O)(=O)c1c(C)cc(N)cc1C. The molecule has 112 valence electrons. The molecule has 2 rings (SSSR count). The largest absolute Gasteiger partial charge is 0.399 e. The Morgan fingerprint density at radius 1 is 1.25 bits per heavy atom. The Labute approximate surface area is 122 Å². The maximum Gasteiger partial charge on any atom is 0.244 e. The van der Waals surface area contributed by atoms with Gasteiger partial charge in [-0.3, -0.25) is 0 Å². The van der Waals surface area contributed by atoms with Crippen LogP contribution in [0.1, 0.15) is 44.2 Å². The summed E-state index contributed by atoms with van der Waals surface area (Å²) in [5.41, 5.74) is 7.87. The molecule has 0 radical (unpaired) electrons. The van der Waals surface area contributed by atoms with Crippen LogP contribution >= 0.6 is 0 Å². The van der Waals surface area contributed by atoms with Crippen LogP contribution in [0.15, 0.2) is 17.0 Å². The van der Waals surface area contributed by atoms with E-state index < -0.39 is 10.0 Å². The van der Waals surface area contributed by atoms with E-state index in [9.17, 15) is 8.42 Å². The Hall–Kier alpha value is -1.07. The zero-order valence-corrected chi connectivity index (χ0v) is 13.5. The number of nitrogens with two attached hydrogens (primary N) is 1. The van der Waals surface area contributed by atoms with Gasteiger partial charge in [0.25, 0.3) is 0 Å². The highest BCUT2D eigenvalue weighted by Crippen LogP contribution is 2.35. The number of rotatable bonds is 3. The molecule has 4 nitrogen and oxygen atoms in total. The Kier molecular flexibility index (Phi) is 4.12. The second kappa shape index (κ2) is 5.37. The van der Waals surface area contributed by atoms with Crippen molar-refractivity contribution in [1.29, 1.82) is 0 Å². The normalized spacial score (nSPS) is 24.2. The van der Waals surface area contributed by atoms with Gasteiger partial charge in [0.15, 0.2) is 0 Å². The van der Waals surface area contributed by atoms with Gasteiger partial charge in [-0.25, -0.2) is 8.42 Å². The molecule has 20 heavy (non-hydrogen) atoms. The molecule has 2 atom stereocenters. The summed E-state index contributed by atoms with van der Waals surface area (Å²) in [5, 5.41) is 0. The number of hydrogen-bond donors (Lipinski definition) is 1. The van der Waals surface area contributed by atoms with Crippen molar-refractivity contribution in [3.05, 3.63) is 23.3 Å². The summed E-state index contributed by atoms with van der Waals surface area (Å²) in [4.78, 5) is 0.430. The van der Waals surface area contributed by atoms with E-state index in [1.54, 1.807) is 16.4 Å². The second-order valence-corrected chi connectivity index (χ2v) is 7.59. The van der Waals surface area contributed by atoms with Gasteiger partial charge >= 0.3 is 0 Å². The second-order valence-electron chi connectivity index (χ2n) is 5.81. The first-order valence-corrected chi connectivity index (χ1v) is 8.63. The minimum absolute atomic E-state index is 0.0707. The van der Waals surface area contributed by atoms with Crippen molar-refractivity contribution in [2.24, 2.45) is 0 Å². The molecule has 1 heterocycles. The third-order valence-electron chi connectivity index (χ3n) is 4.20. The van der Waals surface area contributed by atoms with Gasteiger partial charge in [-0.2, -0.15) is 4.31 Å². The van der Waals surface area contributed by atoms with Crippen molar-refractivity contribution < 1.29 is 8.42 Å². The fourth-order valence-corrected chi connectivity index (χ4v) is 5.73. The van der Waals surface area contributed by atoms with E-state index in [1.807, 2.05) is 27.7 Å². The van der Waals surface area contributed by atoms with Crippen LogP contribution in [0.25, 0.3) is 0 Å². The van der Waals surface area contributed by atoms with E-state index in [4.69, 9.17) is 5.73 Å². The molecule has 1 aromatic carbocycles. The van der Waals surface area contributed by atoms with Crippen molar-refractivity contribution >= 4 is 15.7 Å². The summed E-state index contributed by atoms with van der Waals surface area (Å²) in [7, 11) is -3.45. The lowest BCUT2D eigenvalue weighted by Crippen LogP contribution is -2.40. The molecule has 0 spiro atoms. The Bertz CT molecular complexity index is 587. The summed E-state index contributed by atoms with van der Waals surface area (Å²) in [6.45, 7) is 7.68. The number of nitrogen functional groups attached to an aromatic ring is 1. The molecule has 1 fully saturated rings. The first-order valence-electron chi connectivity index (χ1n) is 7.19. The molecule has 2 N–H and O–H groups in total.